The minimum atomic E-state index is -1.07. The Balaban J connectivity index is 3.15. The Kier molecular flexibility index (Phi) is 6.30. The van der Waals surface area contributed by atoms with Gasteiger partial charge in [-0.05, 0) is 26.0 Å². The van der Waals surface area contributed by atoms with E-state index in [-0.39, 0.29) is 23.7 Å². The average molecular weight is 316 g/mol. The third-order valence-electron chi connectivity index (χ3n) is 2.76. The summed E-state index contributed by atoms with van der Waals surface area (Å²) >= 11 is 6.10. The van der Waals surface area contributed by atoms with Crippen LogP contribution in [0.15, 0.2) is 12.1 Å². The van der Waals surface area contributed by atoms with Crippen molar-refractivity contribution in [3.05, 3.63) is 22.7 Å². The van der Waals surface area contributed by atoms with Crippen LogP contribution in [0.25, 0.3) is 0 Å². The number of rotatable bonds is 7. The smallest absolute Gasteiger partial charge is 0.323 e. The number of likely N-dealkylation sites (N-methyl/N-ethyl adjacent to an activating group) is 1. The molecule has 6 nitrogen and oxygen atoms in total. The Morgan fingerprint density at radius 1 is 1.33 bits per heavy atom. The van der Waals surface area contributed by atoms with E-state index in [9.17, 15) is 9.59 Å². The Morgan fingerprint density at radius 2 is 2.00 bits per heavy atom. The number of carboxylic acids is 1. The summed E-state index contributed by atoms with van der Waals surface area (Å²) in [6.45, 7) is 3.82. The predicted molar refractivity (Wildman–Crippen MR) is 78.4 cm³/mol. The largest absolute Gasteiger partial charge is 0.493 e. The van der Waals surface area contributed by atoms with Crippen LogP contribution in [0.3, 0.4) is 0 Å². The van der Waals surface area contributed by atoms with Crippen LogP contribution in [0.2, 0.25) is 5.02 Å². The van der Waals surface area contributed by atoms with Crippen LogP contribution in [-0.4, -0.2) is 48.7 Å². The molecule has 7 heteroatoms. The van der Waals surface area contributed by atoms with Gasteiger partial charge in [0.25, 0.3) is 5.91 Å². The summed E-state index contributed by atoms with van der Waals surface area (Å²) in [5.41, 5.74) is 0.253. The van der Waals surface area contributed by atoms with Gasteiger partial charge in [-0.3, -0.25) is 9.59 Å². The second kappa shape index (κ2) is 7.73. The van der Waals surface area contributed by atoms with Crippen LogP contribution in [-0.2, 0) is 4.79 Å². The van der Waals surface area contributed by atoms with Gasteiger partial charge in [0.2, 0.25) is 0 Å². The van der Waals surface area contributed by atoms with Crippen molar-refractivity contribution in [2.45, 2.75) is 13.8 Å². The highest BCUT2D eigenvalue weighted by atomic mass is 35.5. The lowest BCUT2D eigenvalue weighted by atomic mass is 10.1. The molecule has 0 radical (unpaired) electrons. The summed E-state index contributed by atoms with van der Waals surface area (Å²) in [4.78, 5) is 24.3. The third-order valence-corrected chi connectivity index (χ3v) is 3.04. The normalized spacial score (nSPS) is 10.1. The van der Waals surface area contributed by atoms with Gasteiger partial charge >= 0.3 is 5.97 Å². The van der Waals surface area contributed by atoms with Gasteiger partial charge in [-0.15, -0.1) is 0 Å². The SMILES string of the molecule is CCOc1c(Cl)cc(C(=O)N(CC)CC(=O)O)cc1OC. The first-order valence-corrected chi connectivity index (χ1v) is 6.83. The number of methoxy groups -OCH3 is 1. The lowest BCUT2D eigenvalue weighted by Crippen LogP contribution is -2.35. The van der Waals surface area contributed by atoms with E-state index in [1.54, 1.807) is 13.8 Å². The van der Waals surface area contributed by atoms with Crippen LogP contribution in [0.1, 0.15) is 24.2 Å². The summed E-state index contributed by atoms with van der Waals surface area (Å²) in [7, 11) is 1.44. The van der Waals surface area contributed by atoms with Gasteiger partial charge in [-0.2, -0.15) is 0 Å². The number of halogens is 1. The molecule has 0 unspecified atom stereocenters. The van der Waals surface area contributed by atoms with Gasteiger partial charge in [0, 0.05) is 12.1 Å². The lowest BCUT2D eigenvalue weighted by molar-refractivity contribution is -0.137. The first kappa shape index (κ1) is 17.1. The predicted octanol–water partition coefficient (Wildman–Crippen LogP) is 2.29. The minimum Gasteiger partial charge on any atom is -0.493 e. The quantitative estimate of drug-likeness (QED) is 0.835. The van der Waals surface area contributed by atoms with E-state index in [0.29, 0.717) is 18.1 Å². The third kappa shape index (κ3) is 4.26. The molecule has 0 saturated heterocycles. The topological polar surface area (TPSA) is 76.1 Å². The van der Waals surface area contributed by atoms with E-state index in [1.165, 1.54) is 24.1 Å². The van der Waals surface area contributed by atoms with Gasteiger partial charge < -0.3 is 19.5 Å². The van der Waals surface area contributed by atoms with Gasteiger partial charge in [0.05, 0.1) is 18.7 Å². The van der Waals surface area contributed by atoms with Crippen LogP contribution < -0.4 is 9.47 Å². The number of ether oxygens (including phenoxy) is 2. The number of carbonyl (C=O) groups is 2. The first-order valence-electron chi connectivity index (χ1n) is 6.45. The maximum Gasteiger partial charge on any atom is 0.323 e. The lowest BCUT2D eigenvalue weighted by Gasteiger charge is -2.20. The summed E-state index contributed by atoms with van der Waals surface area (Å²) in [6, 6.07) is 2.94. The Morgan fingerprint density at radius 3 is 2.48 bits per heavy atom. The fourth-order valence-electron chi connectivity index (χ4n) is 1.80. The summed E-state index contributed by atoms with van der Waals surface area (Å²) < 4.78 is 10.5. The van der Waals surface area contributed by atoms with E-state index in [0.717, 1.165) is 0 Å². The molecule has 0 aliphatic carbocycles. The summed E-state index contributed by atoms with van der Waals surface area (Å²) in [5.74, 6) is -0.809. The second-order valence-corrected chi connectivity index (χ2v) is 4.54. The van der Waals surface area contributed by atoms with Crippen molar-refractivity contribution < 1.29 is 24.2 Å². The van der Waals surface area contributed by atoms with Crippen molar-refractivity contribution in [3.63, 3.8) is 0 Å². The van der Waals surface area contributed by atoms with E-state index in [4.69, 9.17) is 26.2 Å². The minimum absolute atomic E-state index is 0.242. The highest BCUT2D eigenvalue weighted by molar-refractivity contribution is 6.32. The highest BCUT2D eigenvalue weighted by Gasteiger charge is 2.20. The molecular formula is C14H18ClNO5. The molecule has 1 aromatic carbocycles. The maximum atomic E-state index is 12.3. The number of amides is 1. The van der Waals surface area contributed by atoms with Gasteiger partial charge in [-0.1, -0.05) is 11.6 Å². The van der Waals surface area contributed by atoms with E-state index in [1.807, 2.05) is 0 Å². The van der Waals surface area contributed by atoms with E-state index >= 15 is 0 Å². The molecule has 0 fully saturated rings. The van der Waals surface area contributed by atoms with E-state index < -0.39 is 11.9 Å². The number of hydrogen-bond donors (Lipinski definition) is 1. The number of aliphatic carboxylic acids is 1. The number of hydrogen-bond acceptors (Lipinski definition) is 4. The van der Waals surface area contributed by atoms with Gasteiger partial charge in [0.1, 0.15) is 6.54 Å². The number of nitrogens with zero attached hydrogens (tertiary/aromatic N) is 1. The molecule has 0 aromatic heterocycles. The molecule has 0 aliphatic rings. The first-order chi connectivity index (χ1) is 9.94. The van der Waals surface area contributed by atoms with Crippen LogP contribution in [0.5, 0.6) is 11.5 Å². The molecule has 0 spiro atoms. The number of carbonyl (C=O) groups excluding carboxylic acids is 1. The molecule has 1 aromatic rings. The van der Waals surface area contributed by atoms with Crippen molar-refractivity contribution in [2.24, 2.45) is 0 Å². The van der Waals surface area contributed by atoms with Crippen LogP contribution in [0.4, 0.5) is 0 Å². The number of benzene rings is 1. The molecule has 0 heterocycles. The van der Waals surface area contributed by atoms with Gasteiger partial charge in [0.15, 0.2) is 11.5 Å². The standard InChI is InChI=1S/C14H18ClNO5/c1-4-16(8-12(17)18)14(19)9-6-10(15)13(21-5-2)11(7-9)20-3/h6-7H,4-5,8H2,1-3H3,(H,17,18). The van der Waals surface area contributed by atoms with Crippen molar-refractivity contribution in [1.29, 1.82) is 0 Å². The van der Waals surface area contributed by atoms with Gasteiger partial charge in [-0.25, -0.2) is 0 Å². The molecule has 1 rings (SSSR count). The van der Waals surface area contributed by atoms with E-state index in [2.05, 4.69) is 0 Å². The van der Waals surface area contributed by atoms with Crippen molar-refractivity contribution in [1.82, 2.24) is 4.90 Å². The van der Waals surface area contributed by atoms with Crippen LogP contribution in [0, 0.1) is 0 Å². The molecule has 21 heavy (non-hydrogen) atoms. The molecule has 0 aliphatic heterocycles. The fourth-order valence-corrected chi connectivity index (χ4v) is 2.07. The molecule has 116 valence electrons. The molecule has 1 amide bonds. The zero-order valence-electron chi connectivity index (χ0n) is 12.2. The molecular weight excluding hydrogens is 298 g/mol. The molecule has 0 saturated carbocycles. The molecule has 0 bridgehead atoms. The van der Waals surface area contributed by atoms with Crippen LogP contribution >= 0.6 is 11.6 Å². The molecule has 1 N–H and O–H groups in total. The Hall–Kier alpha value is -1.95. The second-order valence-electron chi connectivity index (χ2n) is 4.14. The monoisotopic (exact) mass is 315 g/mol. The molecule has 0 atom stereocenters. The zero-order chi connectivity index (χ0) is 16.0. The van der Waals surface area contributed by atoms with Crippen molar-refractivity contribution in [2.75, 3.05) is 26.8 Å². The highest BCUT2D eigenvalue weighted by Crippen LogP contribution is 2.36. The number of carboxylic acid groups (broad SMARTS) is 1. The summed E-state index contributed by atoms with van der Waals surface area (Å²) in [5, 5.41) is 9.06. The van der Waals surface area contributed by atoms with Crippen molar-refractivity contribution >= 4 is 23.5 Å². The van der Waals surface area contributed by atoms with Crippen molar-refractivity contribution in [3.8, 4) is 11.5 Å². The maximum absolute atomic E-state index is 12.3. The summed E-state index contributed by atoms with van der Waals surface area (Å²) in [6.07, 6.45) is 0. The fraction of sp³-hybridized carbons (Fsp3) is 0.429. The Labute approximate surface area is 128 Å². The zero-order valence-corrected chi connectivity index (χ0v) is 12.9. The average Bonchev–Trinajstić information content (AvgIpc) is 2.45. The Bertz CT molecular complexity index is 532.